The summed E-state index contributed by atoms with van der Waals surface area (Å²) in [5.74, 6) is 0.412. The Bertz CT molecular complexity index is 1010. The second-order valence-electron chi connectivity index (χ2n) is 6.32. The van der Waals surface area contributed by atoms with E-state index in [4.69, 9.17) is 4.74 Å². The van der Waals surface area contributed by atoms with Gasteiger partial charge in [-0.3, -0.25) is 9.59 Å². The van der Waals surface area contributed by atoms with Gasteiger partial charge in [0, 0.05) is 24.7 Å². The number of anilines is 2. The maximum absolute atomic E-state index is 12.4. The molecule has 2 heterocycles. The second kappa shape index (κ2) is 7.06. The second-order valence-corrected chi connectivity index (χ2v) is 6.32. The predicted octanol–water partition coefficient (Wildman–Crippen LogP) is 2.21. The first kappa shape index (κ1) is 17.0. The third-order valence-corrected chi connectivity index (χ3v) is 4.54. The van der Waals surface area contributed by atoms with Crippen LogP contribution in [0.3, 0.4) is 0 Å². The highest BCUT2D eigenvalue weighted by Crippen LogP contribution is 2.33. The number of benzene rings is 2. The third-order valence-electron chi connectivity index (χ3n) is 4.54. The van der Waals surface area contributed by atoms with Gasteiger partial charge in [0.25, 0.3) is 0 Å². The maximum atomic E-state index is 12.4. The molecule has 3 aromatic rings. The molecule has 1 fully saturated rings. The van der Waals surface area contributed by atoms with Crippen molar-refractivity contribution < 1.29 is 14.3 Å². The van der Waals surface area contributed by atoms with Crippen molar-refractivity contribution in [1.82, 2.24) is 15.0 Å². The Morgan fingerprint density at radius 2 is 2.11 bits per heavy atom. The van der Waals surface area contributed by atoms with Crippen LogP contribution in [0.2, 0.25) is 0 Å². The van der Waals surface area contributed by atoms with Crippen LogP contribution in [-0.2, 0) is 16.1 Å². The monoisotopic (exact) mass is 365 g/mol. The van der Waals surface area contributed by atoms with E-state index in [1.165, 1.54) is 0 Å². The molecule has 0 bridgehead atoms. The van der Waals surface area contributed by atoms with Gasteiger partial charge in [-0.05, 0) is 30.7 Å². The molecule has 0 spiro atoms. The molecule has 0 unspecified atom stereocenters. The minimum Gasteiger partial charge on any atom is -0.494 e. The van der Waals surface area contributed by atoms with Crippen molar-refractivity contribution >= 4 is 34.2 Å². The number of methoxy groups -OCH3 is 1. The summed E-state index contributed by atoms with van der Waals surface area (Å²) in [6, 6.07) is 12.7. The first-order valence-corrected chi connectivity index (χ1v) is 8.72. The van der Waals surface area contributed by atoms with Gasteiger partial charge in [0.2, 0.25) is 11.8 Å². The Balaban J connectivity index is 1.50. The van der Waals surface area contributed by atoms with Gasteiger partial charge in [-0.25, -0.2) is 4.68 Å². The van der Waals surface area contributed by atoms with Gasteiger partial charge in [0.05, 0.1) is 18.3 Å². The lowest BCUT2D eigenvalue weighted by molar-refractivity contribution is -0.117. The molecular formula is C19H19N5O3. The van der Waals surface area contributed by atoms with Crippen molar-refractivity contribution in [3.05, 3.63) is 42.5 Å². The van der Waals surface area contributed by atoms with Crippen molar-refractivity contribution in [3.8, 4) is 5.75 Å². The van der Waals surface area contributed by atoms with E-state index in [2.05, 4.69) is 15.6 Å². The Morgan fingerprint density at radius 1 is 1.26 bits per heavy atom. The molecule has 1 aromatic heterocycles. The number of hydrogen-bond donors (Lipinski definition) is 1. The maximum Gasteiger partial charge on any atom is 0.246 e. The zero-order valence-corrected chi connectivity index (χ0v) is 14.9. The molecule has 1 aliphatic rings. The minimum absolute atomic E-state index is 0.0508. The van der Waals surface area contributed by atoms with Crippen LogP contribution >= 0.6 is 0 Å². The van der Waals surface area contributed by atoms with Gasteiger partial charge in [0.1, 0.15) is 17.8 Å². The number of carbonyl (C=O) groups is 2. The summed E-state index contributed by atoms with van der Waals surface area (Å²) in [6.45, 7) is 0.732. The normalized spacial score (nSPS) is 14.0. The van der Waals surface area contributed by atoms with Crippen molar-refractivity contribution in [2.24, 2.45) is 0 Å². The summed E-state index contributed by atoms with van der Waals surface area (Å²) in [4.78, 5) is 26.1. The number of amides is 2. The molecule has 0 saturated carbocycles. The van der Waals surface area contributed by atoms with Crippen LogP contribution in [0.15, 0.2) is 42.5 Å². The number of fused-ring (bicyclic) bond motifs is 1. The summed E-state index contributed by atoms with van der Waals surface area (Å²) in [7, 11) is 1.55. The van der Waals surface area contributed by atoms with Crippen molar-refractivity contribution in [2.45, 2.75) is 19.4 Å². The number of carbonyl (C=O) groups excluding carboxylic acids is 2. The number of para-hydroxylation sites is 1. The van der Waals surface area contributed by atoms with E-state index >= 15 is 0 Å². The van der Waals surface area contributed by atoms with Crippen molar-refractivity contribution in [2.75, 3.05) is 23.9 Å². The number of nitrogens with one attached hydrogen (secondary N) is 1. The predicted molar refractivity (Wildman–Crippen MR) is 101 cm³/mol. The van der Waals surface area contributed by atoms with Crippen LogP contribution < -0.4 is 15.0 Å². The fourth-order valence-corrected chi connectivity index (χ4v) is 3.25. The summed E-state index contributed by atoms with van der Waals surface area (Å²) in [5.41, 5.74) is 2.86. The zero-order valence-electron chi connectivity index (χ0n) is 14.9. The Hall–Kier alpha value is -3.42. The van der Waals surface area contributed by atoms with E-state index in [-0.39, 0.29) is 18.4 Å². The lowest BCUT2D eigenvalue weighted by Gasteiger charge is -2.19. The first-order chi connectivity index (χ1) is 13.2. The van der Waals surface area contributed by atoms with E-state index in [1.807, 2.05) is 24.3 Å². The molecule has 2 aromatic carbocycles. The Labute approximate surface area is 155 Å². The molecule has 0 atom stereocenters. The Morgan fingerprint density at radius 3 is 2.89 bits per heavy atom. The molecule has 1 saturated heterocycles. The fourth-order valence-electron chi connectivity index (χ4n) is 3.25. The first-order valence-electron chi connectivity index (χ1n) is 8.72. The van der Waals surface area contributed by atoms with Gasteiger partial charge < -0.3 is 15.0 Å². The molecule has 8 nitrogen and oxygen atoms in total. The molecular weight excluding hydrogens is 346 g/mol. The van der Waals surface area contributed by atoms with Crippen LogP contribution in [0, 0.1) is 0 Å². The van der Waals surface area contributed by atoms with Crippen LogP contribution in [0.5, 0.6) is 5.75 Å². The molecule has 138 valence electrons. The van der Waals surface area contributed by atoms with Gasteiger partial charge in [0.15, 0.2) is 0 Å². The average Bonchev–Trinajstić information content (AvgIpc) is 3.28. The van der Waals surface area contributed by atoms with Crippen LogP contribution in [0.25, 0.3) is 11.0 Å². The van der Waals surface area contributed by atoms with E-state index in [0.29, 0.717) is 24.4 Å². The van der Waals surface area contributed by atoms with E-state index < -0.39 is 0 Å². The van der Waals surface area contributed by atoms with E-state index in [9.17, 15) is 9.59 Å². The smallest absolute Gasteiger partial charge is 0.246 e. The largest absolute Gasteiger partial charge is 0.494 e. The van der Waals surface area contributed by atoms with Crippen LogP contribution in [0.4, 0.5) is 11.4 Å². The molecule has 8 heteroatoms. The van der Waals surface area contributed by atoms with E-state index in [1.54, 1.807) is 34.9 Å². The van der Waals surface area contributed by atoms with Gasteiger partial charge in [-0.2, -0.15) is 0 Å². The van der Waals surface area contributed by atoms with Crippen molar-refractivity contribution in [3.63, 3.8) is 0 Å². The number of nitrogens with zero attached hydrogens (tertiary/aromatic N) is 4. The molecule has 1 aliphatic heterocycles. The lowest BCUT2D eigenvalue weighted by atomic mass is 10.2. The SMILES string of the molecule is COc1cc(NC(=O)Cn2nnc3ccccc32)ccc1N1CCCC1=O. The molecule has 1 N–H and O–H groups in total. The minimum atomic E-state index is -0.224. The zero-order chi connectivity index (χ0) is 18.8. The highest BCUT2D eigenvalue weighted by atomic mass is 16.5. The lowest BCUT2D eigenvalue weighted by Crippen LogP contribution is -2.24. The quantitative estimate of drug-likeness (QED) is 0.749. The van der Waals surface area contributed by atoms with Crippen LogP contribution in [-0.4, -0.2) is 40.5 Å². The van der Waals surface area contributed by atoms with Gasteiger partial charge in [-0.1, -0.05) is 17.3 Å². The third kappa shape index (κ3) is 3.33. The molecule has 27 heavy (non-hydrogen) atoms. The number of rotatable bonds is 5. The summed E-state index contributed by atoms with van der Waals surface area (Å²) >= 11 is 0. The molecule has 0 radical (unpaired) electrons. The topological polar surface area (TPSA) is 89.3 Å². The van der Waals surface area contributed by atoms with Crippen molar-refractivity contribution in [1.29, 1.82) is 0 Å². The molecule has 0 aliphatic carbocycles. The van der Waals surface area contributed by atoms with E-state index in [0.717, 1.165) is 23.1 Å². The number of aromatic nitrogens is 3. The standard InChI is InChI=1S/C19H19N5O3/c1-27-17-11-13(8-9-16(17)23-10-4-7-19(23)26)20-18(25)12-24-15-6-3-2-5-14(15)21-22-24/h2-3,5-6,8-9,11H,4,7,10,12H2,1H3,(H,20,25). The summed E-state index contributed by atoms with van der Waals surface area (Å²) in [6.07, 6.45) is 1.39. The summed E-state index contributed by atoms with van der Waals surface area (Å²) < 4.78 is 6.97. The van der Waals surface area contributed by atoms with Gasteiger partial charge >= 0.3 is 0 Å². The molecule has 2 amide bonds. The fraction of sp³-hybridized carbons (Fsp3) is 0.263. The molecule has 4 rings (SSSR count). The van der Waals surface area contributed by atoms with Gasteiger partial charge in [-0.15, -0.1) is 5.10 Å². The number of hydrogen-bond acceptors (Lipinski definition) is 5. The number of ether oxygens (including phenoxy) is 1. The average molecular weight is 365 g/mol. The highest BCUT2D eigenvalue weighted by molar-refractivity contribution is 5.98. The Kier molecular flexibility index (Phi) is 4.45. The van der Waals surface area contributed by atoms with Crippen LogP contribution in [0.1, 0.15) is 12.8 Å². The summed E-state index contributed by atoms with van der Waals surface area (Å²) in [5, 5.41) is 10.9. The highest BCUT2D eigenvalue weighted by Gasteiger charge is 2.24.